The topological polar surface area (TPSA) is 3.24 Å². The third-order valence-corrected chi connectivity index (χ3v) is 4.44. The highest BCUT2D eigenvalue weighted by molar-refractivity contribution is 7.12. The molecule has 2 heterocycles. The summed E-state index contributed by atoms with van der Waals surface area (Å²) in [6.07, 6.45) is 0. The third-order valence-electron chi connectivity index (χ3n) is 3.34. The van der Waals surface area contributed by atoms with E-state index in [1.807, 2.05) is 11.3 Å². The predicted molar refractivity (Wildman–Crippen MR) is 70.1 cm³/mol. The minimum atomic E-state index is 1.08. The van der Waals surface area contributed by atoms with Crippen molar-refractivity contribution >= 4 is 17.0 Å². The molecular formula is C14H15NS. The Balaban J connectivity index is 1.94. The van der Waals surface area contributed by atoms with E-state index in [0.717, 1.165) is 13.1 Å². The van der Waals surface area contributed by atoms with Crippen LogP contribution >= 0.6 is 11.3 Å². The normalized spacial score (nSPS) is 14.2. The van der Waals surface area contributed by atoms with Gasteiger partial charge in [0.1, 0.15) is 0 Å². The van der Waals surface area contributed by atoms with E-state index in [2.05, 4.69) is 49.1 Å². The molecule has 0 spiro atoms. The number of rotatable bonds is 1. The van der Waals surface area contributed by atoms with Crippen LogP contribution in [0.5, 0.6) is 0 Å². The molecule has 0 amide bonds. The van der Waals surface area contributed by atoms with Gasteiger partial charge in [0.05, 0.1) is 0 Å². The molecule has 1 aliphatic rings. The zero-order valence-corrected chi connectivity index (χ0v) is 10.5. The first-order valence-corrected chi connectivity index (χ1v) is 6.45. The van der Waals surface area contributed by atoms with Crippen LogP contribution < -0.4 is 4.90 Å². The summed E-state index contributed by atoms with van der Waals surface area (Å²) >= 11 is 1.94. The second-order valence-corrected chi connectivity index (χ2v) is 5.79. The highest BCUT2D eigenvalue weighted by Crippen LogP contribution is 2.36. The lowest BCUT2D eigenvalue weighted by Gasteiger charge is -2.18. The van der Waals surface area contributed by atoms with Crippen molar-refractivity contribution in [3.8, 4) is 0 Å². The fourth-order valence-corrected chi connectivity index (χ4v) is 3.53. The second kappa shape index (κ2) is 3.63. The predicted octanol–water partition coefficient (Wildman–Crippen LogP) is 3.89. The van der Waals surface area contributed by atoms with Crippen molar-refractivity contribution in [3.05, 3.63) is 51.2 Å². The lowest BCUT2D eigenvalue weighted by atomic mass is 10.2. The van der Waals surface area contributed by atoms with E-state index in [1.165, 1.54) is 15.4 Å². The van der Waals surface area contributed by atoms with Gasteiger partial charge in [-0.05, 0) is 37.1 Å². The molecule has 2 aromatic rings. The van der Waals surface area contributed by atoms with Gasteiger partial charge in [0, 0.05) is 28.5 Å². The summed E-state index contributed by atoms with van der Waals surface area (Å²) in [5.74, 6) is 0. The molecular weight excluding hydrogens is 214 g/mol. The molecule has 1 aromatic heterocycles. The van der Waals surface area contributed by atoms with Gasteiger partial charge in [-0.25, -0.2) is 0 Å². The van der Waals surface area contributed by atoms with Gasteiger partial charge in [-0.15, -0.1) is 11.3 Å². The quantitative estimate of drug-likeness (QED) is 0.717. The van der Waals surface area contributed by atoms with Gasteiger partial charge >= 0.3 is 0 Å². The van der Waals surface area contributed by atoms with Crippen LogP contribution in [0.4, 0.5) is 5.69 Å². The summed E-state index contributed by atoms with van der Waals surface area (Å²) in [6, 6.07) is 10.7. The Bertz CT molecular complexity index is 487. The molecule has 0 saturated heterocycles. The standard InChI is InChI=1S/C14H15NS/c1-10-13-8-15(9-14(13)11(2)16-10)12-6-4-3-5-7-12/h3-7H,8-9H2,1-2H3. The van der Waals surface area contributed by atoms with Crippen molar-refractivity contribution in [3.63, 3.8) is 0 Å². The average molecular weight is 229 g/mol. The first-order valence-electron chi connectivity index (χ1n) is 5.63. The van der Waals surface area contributed by atoms with Crippen molar-refractivity contribution in [2.24, 2.45) is 0 Å². The first-order chi connectivity index (χ1) is 7.75. The Morgan fingerprint density at radius 2 is 1.50 bits per heavy atom. The van der Waals surface area contributed by atoms with Gasteiger partial charge in [0.15, 0.2) is 0 Å². The Morgan fingerprint density at radius 1 is 0.938 bits per heavy atom. The lowest BCUT2D eigenvalue weighted by Crippen LogP contribution is -2.14. The van der Waals surface area contributed by atoms with E-state index in [-0.39, 0.29) is 0 Å². The minimum Gasteiger partial charge on any atom is -0.363 e. The molecule has 0 unspecified atom stereocenters. The van der Waals surface area contributed by atoms with E-state index in [1.54, 1.807) is 11.1 Å². The Kier molecular flexibility index (Phi) is 2.25. The number of thiophene rings is 1. The van der Waals surface area contributed by atoms with Crippen LogP contribution in [0.1, 0.15) is 20.9 Å². The van der Waals surface area contributed by atoms with Gasteiger partial charge in [0.25, 0.3) is 0 Å². The third kappa shape index (κ3) is 1.45. The highest BCUT2D eigenvalue weighted by Gasteiger charge is 2.24. The second-order valence-electron chi connectivity index (χ2n) is 4.36. The van der Waals surface area contributed by atoms with Crippen LogP contribution in [0, 0.1) is 13.8 Å². The summed E-state index contributed by atoms with van der Waals surface area (Å²) in [5, 5.41) is 0. The zero-order valence-electron chi connectivity index (χ0n) is 9.66. The van der Waals surface area contributed by atoms with Crippen LogP contribution in [-0.2, 0) is 13.1 Å². The van der Waals surface area contributed by atoms with Crippen LogP contribution in [0.15, 0.2) is 30.3 Å². The molecule has 0 bridgehead atoms. The van der Waals surface area contributed by atoms with Gasteiger partial charge in [-0.3, -0.25) is 0 Å². The van der Waals surface area contributed by atoms with Gasteiger partial charge < -0.3 is 4.90 Å². The maximum absolute atomic E-state index is 2.46. The molecule has 1 nitrogen and oxygen atoms in total. The SMILES string of the molecule is Cc1sc(C)c2c1CN(c1ccccc1)C2. The van der Waals surface area contributed by atoms with Gasteiger partial charge in [0.2, 0.25) is 0 Å². The van der Waals surface area contributed by atoms with Crippen LogP contribution in [-0.4, -0.2) is 0 Å². The van der Waals surface area contributed by atoms with Crippen molar-refractivity contribution in [2.75, 3.05) is 4.90 Å². The molecule has 1 aliphatic heterocycles. The lowest BCUT2D eigenvalue weighted by molar-refractivity contribution is 0.876. The summed E-state index contributed by atoms with van der Waals surface area (Å²) in [5.41, 5.74) is 4.46. The number of para-hydroxylation sites is 1. The molecule has 82 valence electrons. The number of nitrogens with zero attached hydrogens (tertiary/aromatic N) is 1. The molecule has 0 saturated carbocycles. The number of anilines is 1. The Morgan fingerprint density at radius 3 is 2.06 bits per heavy atom. The summed E-state index contributed by atoms with van der Waals surface area (Å²) in [6.45, 7) is 6.64. The van der Waals surface area contributed by atoms with E-state index in [9.17, 15) is 0 Å². The van der Waals surface area contributed by atoms with Crippen molar-refractivity contribution in [2.45, 2.75) is 26.9 Å². The van der Waals surface area contributed by atoms with Gasteiger partial charge in [-0.2, -0.15) is 0 Å². The fraction of sp³-hybridized carbons (Fsp3) is 0.286. The van der Waals surface area contributed by atoms with Crippen LogP contribution in [0.25, 0.3) is 0 Å². The Hall–Kier alpha value is -1.28. The molecule has 0 atom stereocenters. The maximum Gasteiger partial charge on any atom is 0.0447 e. The number of hydrogen-bond donors (Lipinski definition) is 0. The summed E-state index contributed by atoms with van der Waals surface area (Å²) < 4.78 is 0. The maximum atomic E-state index is 2.46. The summed E-state index contributed by atoms with van der Waals surface area (Å²) in [7, 11) is 0. The number of benzene rings is 1. The average Bonchev–Trinajstić information content (AvgIpc) is 2.83. The molecule has 3 rings (SSSR count). The molecule has 0 fully saturated rings. The molecule has 16 heavy (non-hydrogen) atoms. The van der Waals surface area contributed by atoms with E-state index in [0.29, 0.717) is 0 Å². The van der Waals surface area contributed by atoms with E-state index >= 15 is 0 Å². The number of fused-ring (bicyclic) bond motifs is 1. The monoisotopic (exact) mass is 229 g/mol. The highest BCUT2D eigenvalue weighted by atomic mass is 32.1. The van der Waals surface area contributed by atoms with Crippen molar-refractivity contribution in [1.82, 2.24) is 0 Å². The molecule has 2 heteroatoms. The minimum absolute atomic E-state index is 1.08. The molecule has 0 N–H and O–H groups in total. The van der Waals surface area contributed by atoms with Crippen LogP contribution in [0.3, 0.4) is 0 Å². The summed E-state index contributed by atoms with van der Waals surface area (Å²) in [4.78, 5) is 5.44. The van der Waals surface area contributed by atoms with E-state index < -0.39 is 0 Å². The first kappa shape index (κ1) is 9.91. The number of aryl methyl sites for hydroxylation is 2. The molecule has 0 aliphatic carbocycles. The Labute approximate surface area is 100 Å². The molecule has 0 radical (unpaired) electrons. The van der Waals surface area contributed by atoms with Crippen molar-refractivity contribution in [1.29, 1.82) is 0 Å². The number of hydrogen-bond acceptors (Lipinski definition) is 2. The fourth-order valence-electron chi connectivity index (χ4n) is 2.45. The van der Waals surface area contributed by atoms with Crippen LogP contribution in [0.2, 0.25) is 0 Å². The molecule has 1 aromatic carbocycles. The van der Waals surface area contributed by atoms with Gasteiger partial charge in [-0.1, -0.05) is 18.2 Å². The van der Waals surface area contributed by atoms with Crippen molar-refractivity contribution < 1.29 is 0 Å². The largest absolute Gasteiger partial charge is 0.363 e. The smallest absolute Gasteiger partial charge is 0.0447 e. The van der Waals surface area contributed by atoms with E-state index in [4.69, 9.17) is 0 Å². The zero-order chi connectivity index (χ0) is 11.1.